The Kier molecular flexibility index (Phi) is 35.1. The summed E-state index contributed by atoms with van der Waals surface area (Å²) in [4.78, 5) is 196. The molecule has 2 aliphatic heterocycles. The largest absolute Gasteiger partial charge is 0.342 e. The number of hydrogen-bond acceptors (Lipinski definition) is 15. The molecule has 28 heteroatoms. The van der Waals surface area contributed by atoms with Crippen molar-refractivity contribution >= 4 is 70.9 Å². The van der Waals surface area contributed by atoms with Gasteiger partial charge in [-0.05, 0) is 117 Å². The summed E-state index contributed by atoms with van der Waals surface area (Å²) in [6.07, 6.45) is 1.85. The first kappa shape index (κ1) is 89.8. The van der Waals surface area contributed by atoms with Crippen LogP contribution in [0, 0.1) is 41.4 Å². The number of H-pyrrole nitrogens is 1. The Morgan fingerprint density at radius 2 is 0.694 bits per heavy atom. The van der Waals surface area contributed by atoms with Crippen LogP contribution in [0.2, 0.25) is 0 Å². The predicted octanol–water partition coefficient (Wildman–Crippen LogP) is 5.69. The van der Waals surface area contributed by atoms with E-state index in [2.05, 4.69) is 41.9 Å². The SMILES string of the molecule is CC(C)C[C@@H]1NC(=O)[C@H](CC(C)C)N(C)C(=O)C[C@@H](C(=O)N2CCCCC2)NC(=O)[C@H](CC(C)C)N(C)C(=O)[C@H](CC(C)C)N(C)C(=O)[C@H](Cc2nn[nH]n2)NC(=O)[C@H](CC(C)C)N(C)C(=O)[C@H](Cc2ccccc2)N(C)C(=O)[C@H](CC(C)C)NC(=O)[C@H](Cc2ccccc2)N(C)C(=O)[C@H](CC(C)C)N(C)C1=O. The summed E-state index contributed by atoms with van der Waals surface area (Å²) in [5.74, 6) is -9.48. The van der Waals surface area contributed by atoms with Gasteiger partial charge in [-0.3, -0.25) is 57.5 Å². The number of nitrogens with one attached hydrogen (secondary N) is 5. The van der Waals surface area contributed by atoms with Crippen molar-refractivity contribution in [2.45, 2.75) is 253 Å². The van der Waals surface area contributed by atoms with Crippen molar-refractivity contribution in [1.29, 1.82) is 0 Å². The van der Waals surface area contributed by atoms with Gasteiger partial charge in [-0.15, -0.1) is 10.2 Å². The Balaban J connectivity index is 1.78. The first-order valence-corrected chi connectivity index (χ1v) is 38.9. The number of rotatable bonds is 21. The molecule has 0 aliphatic carbocycles. The summed E-state index contributed by atoms with van der Waals surface area (Å²) < 4.78 is 0. The molecule has 11 atom stereocenters. The van der Waals surface area contributed by atoms with E-state index >= 15 is 52.7 Å². The lowest BCUT2D eigenvalue weighted by Crippen LogP contribution is -2.62. The smallest absolute Gasteiger partial charge is 0.246 e. The van der Waals surface area contributed by atoms with Crippen LogP contribution in [0.3, 0.4) is 0 Å². The molecule has 5 N–H and O–H groups in total. The molecule has 0 saturated carbocycles. The molecule has 1 aromatic heterocycles. The minimum atomic E-state index is -1.50. The van der Waals surface area contributed by atoms with Crippen molar-refractivity contribution in [2.24, 2.45) is 41.4 Å². The number of carbonyl (C=O) groups excluding carboxylic acids is 12. The van der Waals surface area contributed by atoms with E-state index in [1.807, 2.05) is 133 Å². The Hall–Kier alpha value is -8.85. The van der Waals surface area contributed by atoms with Gasteiger partial charge >= 0.3 is 0 Å². The van der Waals surface area contributed by atoms with Gasteiger partial charge in [0.2, 0.25) is 70.9 Å². The quantitative estimate of drug-likeness (QED) is 0.0855. The maximum absolute atomic E-state index is 15.8. The van der Waals surface area contributed by atoms with Crippen molar-refractivity contribution in [3.8, 4) is 0 Å². The number of tetrazole rings is 1. The van der Waals surface area contributed by atoms with Gasteiger partial charge in [0.25, 0.3) is 0 Å². The molecular weight excluding hydrogens is 1380 g/mol. The number of likely N-dealkylation sites (tertiary alicyclic amines) is 1. The van der Waals surface area contributed by atoms with Crippen LogP contribution in [-0.2, 0) is 76.8 Å². The number of benzene rings is 2. The van der Waals surface area contributed by atoms with E-state index in [0.717, 1.165) is 6.42 Å². The van der Waals surface area contributed by atoms with Gasteiger partial charge in [0.1, 0.15) is 66.5 Å². The van der Waals surface area contributed by atoms with E-state index in [0.29, 0.717) is 37.1 Å². The minimum Gasteiger partial charge on any atom is -0.342 e. The highest BCUT2D eigenvalue weighted by molar-refractivity contribution is 6.00. The molecular formula is C80H128N16O12. The normalized spacial score (nSPS) is 24.6. The highest BCUT2D eigenvalue weighted by Crippen LogP contribution is 2.26. The first-order chi connectivity index (χ1) is 50.7. The molecule has 0 bridgehead atoms. The van der Waals surface area contributed by atoms with Gasteiger partial charge in [0.05, 0.1) is 6.42 Å². The van der Waals surface area contributed by atoms with Crippen LogP contribution in [0.4, 0.5) is 0 Å². The van der Waals surface area contributed by atoms with Crippen LogP contribution in [0.1, 0.15) is 185 Å². The summed E-state index contributed by atoms with van der Waals surface area (Å²) in [6.45, 7) is 27.0. The van der Waals surface area contributed by atoms with Crippen LogP contribution < -0.4 is 21.3 Å². The van der Waals surface area contributed by atoms with Gasteiger partial charge in [-0.1, -0.05) is 163 Å². The number of piperidine rings is 1. The van der Waals surface area contributed by atoms with Crippen molar-refractivity contribution < 1.29 is 57.5 Å². The zero-order chi connectivity index (χ0) is 80.7. The second-order valence-electron chi connectivity index (χ2n) is 33.0. The van der Waals surface area contributed by atoms with Crippen LogP contribution in [0.5, 0.6) is 0 Å². The zero-order valence-electron chi connectivity index (χ0n) is 68.3. The second-order valence-corrected chi connectivity index (χ2v) is 33.0. The minimum absolute atomic E-state index is 0.0287. The average molecular weight is 1510 g/mol. The fourth-order valence-corrected chi connectivity index (χ4v) is 14.4. The lowest BCUT2D eigenvalue weighted by atomic mass is 9.95. The molecule has 2 fully saturated rings. The average Bonchev–Trinajstić information content (AvgIpc) is 0.996. The summed E-state index contributed by atoms with van der Waals surface area (Å²) in [5, 5.41) is 26.2. The van der Waals surface area contributed by atoms with Crippen molar-refractivity contribution in [1.82, 2.24) is 81.1 Å². The van der Waals surface area contributed by atoms with Gasteiger partial charge in [-0.25, -0.2) is 0 Å². The van der Waals surface area contributed by atoms with Crippen molar-refractivity contribution in [3.63, 3.8) is 0 Å². The summed E-state index contributed by atoms with van der Waals surface area (Å²) >= 11 is 0. The maximum atomic E-state index is 15.8. The first-order valence-electron chi connectivity index (χ1n) is 38.9. The highest BCUT2D eigenvalue weighted by Gasteiger charge is 2.45. The van der Waals surface area contributed by atoms with Crippen LogP contribution in [-0.4, -0.2) is 260 Å². The van der Waals surface area contributed by atoms with Crippen molar-refractivity contribution in [2.75, 3.05) is 62.4 Å². The number of carbonyl (C=O) groups is 12. The molecule has 3 heterocycles. The predicted molar refractivity (Wildman–Crippen MR) is 413 cm³/mol. The van der Waals surface area contributed by atoms with Gasteiger partial charge in [-0.2, -0.15) is 5.21 Å². The van der Waals surface area contributed by atoms with Crippen LogP contribution in [0.15, 0.2) is 60.7 Å². The Morgan fingerprint density at radius 1 is 0.370 bits per heavy atom. The van der Waals surface area contributed by atoms with E-state index in [4.69, 9.17) is 0 Å². The summed E-state index contributed by atoms with van der Waals surface area (Å²) in [6, 6.07) is 3.69. The molecule has 2 aliphatic rings. The third-order valence-corrected chi connectivity index (χ3v) is 20.5. The Morgan fingerprint density at radius 3 is 1.09 bits per heavy atom. The number of likely N-dealkylation sites (N-methyl/N-ethyl adjacent to an activating group) is 7. The van der Waals surface area contributed by atoms with E-state index < -0.39 is 144 Å². The number of aromatic nitrogens is 4. The zero-order valence-corrected chi connectivity index (χ0v) is 68.3. The fraction of sp³-hybridized carbons (Fsp3) is 0.688. The second kappa shape index (κ2) is 42.2. The summed E-state index contributed by atoms with van der Waals surface area (Å²) in [5.41, 5.74) is 1.34. The molecule has 0 radical (unpaired) electrons. The van der Waals surface area contributed by atoms with E-state index in [9.17, 15) is 4.79 Å². The standard InChI is InChI=1S/C80H128N16O12/c1-48(2)37-57-74(102)93(19)66(43-54(13)14)79(107)92(18)64(44-55-31-25-22-26-32-55)73(101)82-58(38-49(3)4)75(103)95(21)67(45-56-33-27-23-28-34-56)80(108)91(17)62(40-51(7)8)71(99)83-59(46-68-85-87-88-86-68)76(104)94(20)65(42-53(11)12)78(106)90(16)63(41-52(9)10)72(100)84-60(77(105)96-35-29-24-30-36-96)47-69(97)89(15)61(39-50(5)6)70(98)81-57/h22-23,25-28,31-34,48-54,57-67H,24,29-30,35-47H2,1-21H3,(H,81,98)(H,82,101)(H,83,99)(H,84,100)(H,85,86,87,88)/t57-,58-,59-,60-,61-,62-,63-,64-,65-,66-,67-/m0/s1. The number of nitrogens with zero attached hydrogens (tertiary/aromatic N) is 11. The molecule has 108 heavy (non-hydrogen) atoms. The van der Waals surface area contributed by atoms with Crippen LogP contribution >= 0.6 is 0 Å². The lowest BCUT2D eigenvalue weighted by Gasteiger charge is -2.39. The molecule has 12 amide bonds. The monoisotopic (exact) mass is 1500 g/mol. The Bertz CT molecular complexity index is 3460. The number of amides is 12. The number of aromatic amines is 1. The molecule has 5 rings (SSSR count). The maximum Gasteiger partial charge on any atom is 0.246 e. The molecule has 3 aromatic rings. The topological polar surface area (TPSA) is 333 Å². The van der Waals surface area contributed by atoms with Crippen LogP contribution in [0.25, 0.3) is 0 Å². The Labute approximate surface area is 641 Å². The fourth-order valence-electron chi connectivity index (χ4n) is 14.4. The van der Waals surface area contributed by atoms with Gasteiger partial charge in [0.15, 0.2) is 5.82 Å². The highest BCUT2D eigenvalue weighted by atomic mass is 16.2. The molecule has 2 saturated heterocycles. The molecule has 0 spiro atoms. The molecule has 28 nitrogen and oxygen atoms in total. The van der Waals surface area contributed by atoms with E-state index in [1.54, 1.807) is 29.2 Å². The molecule has 2 aromatic carbocycles. The third kappa shape index (κ3) is 25.9. The van der Waals surface area contributed by atoms with Gasteiger partial charge < -0.3 is 60.5 Å². The summed E-state index contributed by atoms with van der Waals surface area (Å²) in [7, 11) is 10.2. The van der Waals surface area contributed by atoms with E-state index in [-0.39, 0.29) is 111 Å². The van der Waals surface area contributed by atoms with E-state index in [1.165, 1.54) is 83.6 Å². The van der Waals surface area contributed by atoms with Gasteiger partial charge in [0, 0.05) is 81.7 Å². The number of hydrogen-bond donors (Lipinski definition) is 5. The lowest BCUT2D eigenvalue weighted by molar-refractivity contribution is -0.152. The van der Waals surface area contributed by atoms with Crippen molar-refractivity contribution in [3.05, 3.63) is 77.6 Å². The third-order valence-electron chi connectivity index (χ3n) is 20.5. The molecule has 600 valence electrons. The molecule has 0 unspecified atom stereocenters.